The number of hydrogen-bond donors (Lipinski definition) is 2. The maximum absolute atomic E-state index is 13.3. The van der Waals surface area contributed by atoms with E-state index in [1.54, 1.807) is 0 Å². The minimum atomic E-state index is -4.01. The van der Waals surface area contributed by atoms with Crippen LogP contribution in [-0.4, -0.2) is 43.1 Å². The number of carbonyl (C=O) groups is 2. The number of nitrogens with one attached hydrogen (secondary N) is 2. The van der Waals surface area contributed by atoms with Gasteiger partial charge in [-0.05, 0) is 36.4 Å². The summed E-state index contributed by atoms with van der Waals surface area (Å²) in [6.45, 7) is 0.730. The molecule has 0 saturated carbocycles. The number of sulfonamides is 1. The van der Waals surface area contributed by atoms with E-state index in [0.717, 1.165) is 22.5 Å². The number of benzene rings is 2. The molecule has 0 aliphatic heterocycles. The Morgan fingerprint density at radius 3 is 2.24 bits per heavy atom. The van der Waals surface area contributed by atoms with Gasteiger partial charge in [0.05, 0.1) is 16.4 Å². The third-order valence-corrected chi connectivity index (χ3v) is 5.49. The SMILES string of the molecule is CC(=O)Nc1ccc(S(=O)(=O)N(C)CC(=O)Nc2ccc(F)c([N+](=O)[O-])c2)cc1. The number of nitrogens with zero attached hydrogens (tertiary/aromatic N) is 2. The minimum absolute atomic E-state index is 0.0476. The fourth-order valence-electron chi connectivity index (χ4n) is 2.31. The molecule has 12 heteroatoms. The predicted octanol–water partition coefficient (Wildman–Crippen LogP) is 1.95. The van der Waals surface area contributed by atoms with Gasteiger partial charge in [0.2, 0.25) is 27.7 Å². The Labute approximate surface area is 165 Å². The summed E-state index contributed by atoms with van der Waals surface area (Å²) < 4.78 is 39.3. The van der Waals surface area contributed by atoms with Crippen LogP contribution in [0.4, 0.5) is 21.5 Å². The zero-order chi connectivity index (χ0) is 21.8. The number of likely N-dealkylation sites (N-methyl/N-ethyl adjacent to an activating group) is 1. The van der Waals surface area contributed by atoms with Gasteiger partial charge in [0, 0.05) is 31.4 Å². The molecule has 0 unspecified atom stereocenters. The van der Waals surface area contributed by atoms with Crippen LogP contribution in [0.15, 0.2) is 47.4 Å². The lowest BCUT2D eigenvalue weighted by Gasteiger charge is -2.17. The highest BCUT2D eigenvalue weighted by Crippen LogP contribution is 2.22. The molecule has 0 fully saturated rings. The van der Waals surface area contributed by atoms with Gasteiger partial charge in [-0.15, -0.1) is 0 Å². The second-order valence-corrected chi connectivity index (χ2v) is 7.98. The maximum Gasteiger partial charge on any atom is 0.306 e. The number of halogens is 1. The largest absolute Gasteiger partial charge is 0.326 e. The van der Waals surface area contributed by atoms with Crippen LogP contribution in [0.25, 0.3) is 0 Å². The summed E-state index contributed by atoms with van der Waals surface area (Å²) in [5, 5.41) is 15.5. The van der Waals surface area contributed by atoms with Crippen LogP contribution in [0.1, 0.15) is 6.92 Å². The van der Waals surface area contributed by atoms with Crippen LogP contribution >= 0.6 is 0 Å². The highest BCUT2D eigenvalue weighted by Gasteiger charge is 2.23. The van der Waals surface area contributed by atoms with Crippen molar-refractivity contribution in [3.8, 4) is 0 Å². The van der Waals surface area contributed by atoms with Gasteiger partial charge in [-0.1, -0.05) is 0 Å². The lowest BCUT2D eigenvalue weighted by Crippen LogP contribution is -2.35. The molecular weight excluding hydrogens is 407 g/mol. The normalized spacial score (nSPS) is 11.2. The molecule has 2 amide bonds. The molecule has 0 spiro atoms. The van der Waals surface area contributed by atoms with Gasteiger partial charge < -0.3 is 10.6 Å². The van der Waals surface area contributed by atoms with E-state index in [2.05, 4.69) is 10.6 Å². The molecule has 2 rings (SSSR count). The van der Waals surface area contributed by atoms with Crippen LogP contribution in [0.5, 0.6) is 0 Å². The van der Waals surface area contributed by atoms with Crippen molar-refractivity contribution in [3.05, 3.63) is 58.4 Å². The second-order valence-electron chi connectivity index (χ2n) is 5.94. The van der Waals surface area contributed by atoms with Crippen LogP contribution in [-0.2, 0) is 19.6 Å². The van der Waals surface area contributed by atoms with E-state index in [-0.39, 0.29) is 16.5 Å². The van der Waals surface area contributed by atoms with E-state index in [0.29, 0.717) is 5.69 Å². The van der Waals surface area contributed by atoms with Crippen molar-refractivity contribution in [3.63, 3.8) is 0 Å². The first-order valence-corrected chi connectivity index (χ1v) is 9.52. The van der Waals surface area contributed by atoms with Crippen molar-refractivity contribution in [2.75, 3.05) is 24.2 Å². The lowest BCUT2D eigenvalue weighted by molar-refractivity contribution is -0.387. The number of amides is 2. The van der Waals surface area contributed by atoms with E-state index in [1.165, 1.54) is 38.2 Å². The molecule has 0 saturated heterocycles. The van der Waals surface area contributed by atoms with Crippen molar-refractivity contribution in [2.45, 2.75) is 11.8 Å². The Bertz CT molecular complexity index is 1060. The van der Waals surface area contributed by atoms with Gasteiger partial charge in [-0.3, -0.25) is 19.7 Å². The average molecular weight is 424 g/mol. The Hall–Kier alpha value is -3.38. The zero-order valence-corrected chi connectivity index (χ0v) is 16.2. The Morgan fingerprint density at radius 1 is 1.10 bits per heavy atom. The van der Waals surface area contributed by atoms with E-state index in [1.807, 2.05) is 0 Å². The molecule has 0 aromatic heterocycles. The highest BCUT2D eigenvalue weighted by atomic mass is 32.2. The van der Waals surface area contributed by atoms with Crippen LogP contribution in [0.3, 0.4) is 0 Å². The molecule has 0 bridgehead atoms. The topological polar surface area (TPSA) is 139 Å². The molecule has 0 heterocycles. The number of anilines is 2. The van der Waals surface area contributed by atoms with Gasteiger partial charge in [0.15, 0.2) is 0 Å². The molecule has 154 valence electrons. The first-order chi connectivity index (χ1) is 13.5. The number of carbonyl (C=O) groups excluding carboxylic acids is 2. The fraction of sp³-hybridized carbons (Fsp3) is 0.176. The molecule has 29 heavy (non-hydrogen) atoms. The summed E-state index contributed by atoms with van der Waals surface area (Å²) in [5.74, 6) is -2.14. The molecule has 0 aliphatic carbocycles. The van der Waals surface area contributed by atoms with Crippen molar-refractivity contribution < 1.29 is 27.3 Å². The third kappa shape index (κ3) is 5.56. The number of nitro groups is 1. The molecule has 0 atom stereocenters. The summed E-state index contributed by atoms with van der Waals surface area (Å²) in [7, 11) is -2.82. The van der Waals surface area contributed by atoms with Gasteiger partial charge >= 0.3 is 5.69 Å². The molecule has 2 N–H and O–H groups in total. The van der Waals surface area contributed by atoms with Gasteiger partial charge in [-0.25, -0.2) is 8.42 Å². The zero-order valence-electron chi connectivity index (χ0n) is 15.4. The van der Waals surface area contributed by atoms with Gasteiger partial charge in [0.1, 0.15) is 0 Å². The summed E-state index contributed by atoms with van der Waals surface area (Å²) >= 11 is 0. The second kappa shape index (κ2) is 8.75. The molecule has 0 radical (unpaired) electrons. The summed E-state index contributed by atoms with van der Waals surface area (Å²) in [6.07, 6.45) is 0. The maximum atomic E-state index is 13.3. The molecule has 2 aromatic rings. The quantitative estimate of drug-likeness (QED) is 0.514. The monoisotopic (exact) mass is 424 g/mol. The number of rotatable bonds is 7. The summed E-state index contributed by atoms with van der Waals surface area (Å²) in [4.78, 5) is 32.8. The predicted molar refractivity (Wildman–Crippen MR) is 102 cm³/mol. The first kappa shape index (κ1) is 21.9. The molecule has 2 aromatic carbocycles. The fourth-order valence-corrected chi connectivity index (χ4v) is 3.44. The number of nitro benzene ring substituents is 1. The van der Waals surface area contributed by atoms with E-state index in [4.69, 9.17) is 0 Å². The highest BCUT2D eigenvalue weighted by molar-refractivity contribution is 7.89. The molecule has 10 nitrogen and oxygen atoms in total. The van der Waals surface area contributed by atoms with E-state index in [9.17, 15) is 32.5 Å². The van der Waals surface area contributed by atoms with E-state index < -0.39 is 38.9 Å². The Balaban J connectivity index is 2.09. The standard InChI is InChI=1S/C17H17FN4O6S/c1-11(23)19-12-3-6-14(7-4-12)29(27,28)21(2)10-17(24)20-13-5-8-15(18)16(9-13)22(25)26/h3-9H,10H2,1-2H3,(H,19,23)(H,20,24). The third-order valence-electron chi connectivity index (χ3n) is 3.68. The van der Waals surface area contributed by atoms with Crippen LogP contribution in [0.2, 0.25) is 0 Å². The van der Waals surface area contributed by atoms with Gasteiger partial charge in [0.25, 0.3) is 0 Å². The van der Waals surface area contributed by atoms with Crippen molar-refractivity contribution in [1.82, 2.24) is 4.31 Å². The van der Waals surface area contributed by atoms with Crippen molar-refractivity contribution in [1.29, 1.82) is 0 Å². The molecular formula is C17H17FN4O6S. The Morgan fingerprint density at radius 2 is 1.69 bits per heavy atom. The van der Waals surface area contributed by atoms with Crippen LogP contribution in [0, 0.1) is 15.9 Å². The van der Waals surface area contributed by atoms with Crippen molar-refractivity contribution in [2.24, 2.45) is 0 Å². The Kier molecular flexibility index (Phi) is 6.61. The summed E-state index contributed by atoms with van der Waals surface area (Å²) in [6, 6.07) is 8.14. The molecule has 0 aliphatic rings. The first-order valence-electron chi connectivity index (χ1n) is 8.08. The van der Waals surface area contributed by atoms with Crippen molar-refractivity contribution >= 4 is 38.9 Å². The van der Waals surface area contributed by atoms with E-state index >= 15 is 0 Å². The number of hydrogen-bond acceptors (Lipinski definition) is 6. The van der Waals surface area contributed by atoms with Gasteiger partial charge in [-0.2, -0.15) is 8.70 Å². The lowest BCUT2D eigenvalue weighted by atomic mass is 10.2. The average Bonchev–Trinajstić information content (AvgIpc) is 2.63. The van der Waals surface area contributed by atoms with Crippen LogP contribution < -0.4 is 10.6 Å². The smallest absolute Gasteiger partial charge is 0.306 e. The minimum Gasteiger partial charge on any atom is -0.326 e. The summed E-state index contributed by atoms with van der Waals surface area (Å²) in [5.41, 5.74) is -0.452.